The van der Waals surface area contributed by atoms with E-state index in [1.54, 1.807) is 12.1 Å². The Balaban J connectivity index is 3.02. The first-order valence-electron chi connectivity index (χ1n) is 4.42. The van der Waals surface area contributed by atoms with Crippen LogP contribution < -0.4 is 0 Å². The molecule has 0 aliphatic rings. The van der Waals surface area contributed by atoms with E-state index in [0.29, 0.717) is 9.92 Å². The Labute approximate surface area is 99.3 Å². The average Bonchev–Trinajstić information content (AvgIpc) is 2.00. The van der Waals surface area contributed by atoms with Crippen LogP contribution in [0.3, 0.4) is 0 Å². The molecule has 0 aromatic heterocycles. The van der Waals surface area contributed by atoms with Crippen molar-refractivity contribution in [3.63, 3.8) is 0 Å². The monoisotopic (exact) mass is 264 g/mol. The Morgan fingerprint density at radius 1 is 1.13 bits per heavy atom. The van der Waals surface area contributed by atoms with Gasteiger partial charge in [-0.1, -0.05) is 11.6 Å². The highest BCUT2D eigenvalue weighted by Gasteiger charge is 2.24. The number of hydrogen-bond acceptors (Lipinski definition) is 3. The van der Waals surface area contributed by atoms with Crippen molar-refractivity contribution in [2.24, 2.45) is 0 Å². The summed E-state index contributed by atoms with van der Waals surface area (Å²) in [6.45, 7) is 5.60. The highest BCUT2D eigenvalue weighted by molar-refractivity contribution is 8.72. The van der Waals surface area contributed by atoms with E-state index in [9.17, 15) is 8.42 Å². The topological polar surface area (TPSA) is 34.1 Å². The van der Waals surface area contributed by atoms with Gasteiger partial charge in [-0.2, -0.15) is 0 Å². The van der Waals surface area contributed by atoms with Gasteiger partial charge in [0, 0.05) is 9.77 Å². The first kappa shape index (κ1) is 12.9. The fourth-order valence-electron chi connectivity index (χ4n) is 0.978. The first-order chi connectivity index (χ1) is 6.71. The summed E-state index contributed by atoms with van der Waals surface area (Å²) in [5.41, 5.74) is 0. The molecule has 15 heavy (non-hydrogen) atoms. The summed E-state index contributed by atoms with van der Waals surface area (Å²) >= 11 is 5.69. The standard InChI is InChI=1S/C10H13ClO2S2/c1-10(2,3)14-15(12,13)9-6-4-8(11)5-7-9/h4-7H,1-3H3. The SMILES string of the molecule is CC(C)(C)SS(=O)(=O)c1ccc(Cl)cc1. The summed E-state index contributed by atoms with van der Waals surface area (Å²) in [5.74, 6) is 0. The zero-order valence-electron chi connectivity index (χ0n) is 8.82. The van der Waals surface area contributed by atoms with Gasteiger partial charge in [-0.25, -0.2) is 8.42 Å². The number of benzene rings is 1. The summed E-state index contributed by atoms with van der Waals surface area (Å²) < 4.78 is 23.4. The van der Waals surface area contributed by atoms with Crippen molar-refractivity contribution in [1.29, 1.82) is 0 Å². The van der Waals surface area contributed by atoms with Crippen molar-refractivity contribution in [3.8, 4) is 0 Å². The van der Waals surface area contributed by atoms with Gasteiger partial charge in [0.25, 0.3) is 0 Å². The van der Waals surface area contributed by atoms with E-state index < -0.39 is 8.87 Å². The molecule has 0 amide bonds. The second-order valence-corrected chi connectivity index (χ2v) is 9.13. The minimum Gasteiger partial charge on any atom is -0.212 e. The summed E-state index contributed by atoms with van der Waals surface area (Å²) in [4.78, 5) is 0.298. The van der Waals surface area contributed by atoms with Crippen LogP contribution >= 0.6 is 22.4 Å². The van der Waals surface area contributed by atoms with E-state index in [4.69, 9.17) is 11.6 Å². The predicted octanol–water partition coefficient (Wildman–Crippen LogP) is 3.56. The second-order valence-electron chi connectivity index (χ2n) is 4.10. The first-order valence-corrected chi connectivity index (χ1v) is 7.61. The molecule has 0 fully saturated rings. The average molecular weight is 265 g/mol. The van der Waals surface area contributed by atoms with Crippen LogP contribution in [0.25, 0.3) is 0 Å². The largest absolute Gasteiger partial charge is 0.230 e. The van der Waals surface area contributed by atoms with Gasteiger partial charge in [0.15, 0.2) is 0 Å². The zero-order chi connectivity index (χ0) is 11.7. The van der Waals surface area contributed by atoms with Crippen molar-refractivity contribution in [2.45, 2.75) is 30.4 Å². The molecular formula is C10H13ClO2S2. The van der Waals surface area contributed by atoms with Crippen molar-refractivity contribution >= 4 is 31.3 Å². The maximum absolute atomic E-state index is 11.9. The smallest absolute Gasteiger partial charge is 0.212 e. The third-order valence-corrected chi connectivity index (χ3v) is 6.02. The van der Waals surface area contributed by atoms with Crippen LogP contribution in [0, 0.1) is 0 Å². The number of halogens is 1. The fourth-order valence-corrected chi connectivity index (χ4v) is 4.93. The number of rotatable bonds is 2. The van der Waals surface area contributed by atoms with Gasteiger partial charge in [0.1, 0.15) is 0 Å². The van der Waals surface area contributed by atoms with Gasteiger partial charge >= 0.3 is 0 Å². The molecule has 0 saturated carbocycles. The summed E-state index contributed by atoms with van der Waals surface area (Å²) in [6.07, 6.45) is 0. The molecule has 1 aromatic rings. The lowest BCUT2D eigenvalue weighted by Gasteiger charge is -2.16. The molecule has 0 N–H and O–H groups in total. The maximum Gasteiger partial charge on any atom is 0.230 e. The Morgan fingerprint density at radius 3 is 2.00 bits per heavy atom. The van der Waals surface area contributed by atoms with E-state index >= 15 is 0 Å². The Hall–Kier alpha value is -0.190. The molecule has 0 unspecified atom stereocenters. The van der Waals surface area contributed by atoms with E-state index in [1.807, 2.05) is 20.8 Å². The van der Waals surface area contributed by atoms with Crippen LogP contribution in [0.1, 0.15) is 20.8 Å². The van der Waals surface area contributed by atoms with Crippen LogP contribution in [0.15, 0.2) is 29.2 Å². The molecule has 1 aromatic carbocycles. The third-order valence-electron chi connectivity index (χ3n) is 1.46. The molecule has 0 aliphatic heterocycles. The summed E-state index contributed by atoms with van der Waals surface area (Å²) in [7, 11) is -2.33. The van der Waals surface area contributed by atoms with Gasteiger partial charge in [0.2, 0.25) is 8.87 Å². The molecule has 0 spiro atoms. The molecular weight excluding hydrogens is 252 g/mol. The molecule has 0 radical (unpaired) electrons. The van der Waals surface area contributed by atoms with Crippen molar-refractivity contribution in [1.82, 2.24) is 0 Å². The minimum absolute atomic E-state index is 0.298. The van der Waals surface area contributed by atoms with Crippen molar-refractivity contribution < 1.29 is 8.42 Å². The van der Waals surface area contributed by atoms with Crippen molar-refractivity contribution in [2.75, 3.05) is 0 Å². The lowest BCUT2D eigenvalue weighted by atomic mass is 10.3. The van der Waals surface area contributed by atoms with Gasteiger partial charge in [-0.3, -0.25) is 0 Å². The van der Waals surface area contributed by atoms with Crippen molar-refractivity contribution in [3.05, 3.63) is 29.3 Å². The lowest BCUT2D eigenvalue weighted by molar-refractivity contribution is 0.609. The van der Waals surface area contributed by atoms with Crippen LogP contribution in [0.4, 0.5) is 0 Å². The quantitative estimate of drug-likeness (QED) is 0.766. The molecule has 5 heteroatoms. The second kappa shape index (κ2) is 4.36. The van der Waals surface area contributed by atoms with E-state index in [2.05, 4.69) is 0 Å². The molecule has 0 bridgehead atoms. The Kier molecular flexibility index (Phi) is 3.74. The van der Waals surface area contributed by atoms with Gasteiger partial charge < -0.3 is 0 Å². The molecule has 0 atom stereocenters. The summed E-state index contributed by atoms with van der Waals surface area (Å²) in [6, 6.07) is 6.21. The molecule has 84 valence electrons. The minimum atomic E-state index is -3.28. The van der Waals surface area contributed by atoms with Crippen LogP contribution in [0.5, 0.6) is 0 Å². The van der Waals surface area contributed by atoms with E-state index in [0.717, 1.165) is 10.8 Å². The molecule has 2 nitrogen and oxygen atoms in total. The van der Waals surface area contributed by atoms with Gasteiger partial charge in [0.05, 0.1) is 4.90 Å². The highest BCUT2D eigenvalue weighted by Crippen LogP contribution is 2.34. The van der Waals surface area contributed by atoms with Crippen LogP contribution in [0.2, 0.25) is 5.02 Å². The van der Waals surface area contributed by atoms with E-state index in [-0.39, 0.29) is 4.75 Å². The lowest BCUT2D eigenvalue weighted by Crippen LogP contribution is -2.12. The zero-order valence-corrected chi connectivity index (χ0v) is 11.2. The Bertz CT molecular complexity index is 429. The highest BCUT2D eigenvalue weighted by atomic mass is 35.5. The normalized spacial score (nSPS) is 12.8. The number of hydrogen-bond donors (Lipinski definition) is 0. The molecule has 1 rings (SSSR count). The summed E-state index contributed by atoms with van der Waals surface area (Å²) in [5, 5.41) is 0.537. The van der Waals surface area contributed by atoms with E-state index in [1.165, 1.54) is 12.1 Å². The van der Waals surface area contributed by atoms with Gasteiger partial charge in [-0.05, 0) is 55.8 Å². The molecule has 0 heterocycles. The third kappa shape index (κ3) is 4.05. The Morgan fingerprint density at radius 2 is 1.60 bits per heavy atom. The fraction of sp³-hybridized carbons (Fsp3) is 0.400. The van der Waals surface area contributed by atoms with Crippen LogP contribution in [-0.4, -0.2) is 13.2 Å². The molecule has 0 aliphatic carbocycles. The van der Waals surface area contributed by atoms with Crippen LogP contribution in [-0.2, 0) is 8.87 Å². The maximum atomic E-state index is 11.9. The van der Waals surface area contributed by atoms with Gasteiger partial charge in [-0.15, -0.1) is 0 Å². The molecule has 0 saturated heterocycles. The predicted molar refractivity (Wildman–Crippen MR) is 66.0 cm³/mol.